The summed E-state index contributed by atoms with van der Waals surface area (Å²) < 4.78 is 6.62. The van der Waals surface area contributed by atoms with E-state index in [2.05, 4.69) is 21.2 Å². The van der Waals surface area contributed by atoms with Gasteiger partial charge in [0.1, 0.15) is 0 Å². The second-order valence-electron chi connectivity index (χ2n) is 7.65. The third-order valence-corrected chi connectivity index (χ3v) is 6.48. The summed E-state index contributed by atoms with van der Waals surface area (Å²) in [6, 6.07) is 8.15. The SMILES string of the molecule is CC(C)(N)c1cc2nc(-c3cccc4[nH]ncc34)nc(N3CCOCC3)c2s1. The minimum Gasteiger partial charge on any atom is -0.378 e. The van der Waals surface area contributed by atoms with Crippen molar-refractivity contribution >= 4 is 38.3 Å². The fourth-order valence-electron chi connectivity index (χ4n) is 3.51. The van der Waals surface area contributed by atoms with Crippen LogP contribution in [0.3, 0.4) is 0 Å². The number of ether oxygens (including phenoxy) is 1. The van der Waals surface area contributed by atoms with Crippen LogP contribution in [-0.2, 0) is 10.3 Å². The van der Waals surface area contributed by atoms with Crippen molar-refractivity contribution in [3.05, 3.63) is 35.3 Å². The Bertz CT molecular complexity index is 1150. The molecule has 3 N–H and O–H groups in total. The monoisotopic (exact) mass is 394 g/mol. The molecule has 0 bridgehead atoms. The van der Waals surface area contributed by atoms with Gasteiger partial charge in [0.2, 0.25) is 0 Å². The Labute approximate surface area is 166 Å². The number of benzene rings is 1. The summed E-state index contributed by atoms with van der Waals surface area (Å²) in [5.74, 6) is 1.67. The molecular weight excluding hydrogens is 372 g/mol. The zero-order chi connectivity index (χ0) is 19.3. The van der Waals surface area contributed by atoms with Crippen molar-refractivity contribution < 1.29 is 4.74 Å². The van der Waals surface area contributed by atoms with E-state index in [1.54, 1.807) is 11.3 Å². The number of thiophene rings is 1. The highest BCUT2D eigenvalue weighted by Gasteiger charge is 2.24. The summed E-state index contributed by atoms with van der Waals surface area (Å²) in [7, 11) is 0. The third-order valence-electron chi connectivity index (χ3n) is 5.03. The quantitative estimate of drug-likeness (QED) is 0.554. The Morgan fingerprint density at radius 3 is 2.82 bits per heavy atom. The van der Waals surface area contributed by atoms with Gasteiger partial charge in [-0.1, -0.05) is 12.1 Å². The number of hydrogen-bond acceptors (Lipinski definition) is 7. The molecular formula is C20H22N6OS. The maximum atomic E-state index is 6.38. The first kappa shape index (κ1) is 17.5. The number of aromatic amines is 1. The summed E-state index contributed by atoms with van der Waals surface area (Å²) in [4.78, 5) is 13.3. The van der Waals surface area contributed by atoms with E-state index in [9.17, 15) is 0 Å². The topological polar surface area (TPSA) is 93.0 Å². The molecule has 1 fully saturated rings. The highest BCUT2D eigenvalue weighted by atomic mass is 32.1. The maximum Gasteiger partial charge on any atom is 0.162 e. The van der Waals surface area contributed by atoms with Crippen LogP contribution in [-0.4, -0.2) is 46.5 Å². The molecule has 144 valence electrons. The smallest absolute Gasteiger partial charge is 0.162 e. The lowest BCUT2D eigenvalue weighted by atomic mass is 10.1. The van der Waals surface area contributed by atoms with Gasteiger partial charge in [0.05, 0.1) is 35.1 Å². The predicted molar refractivity (Wildman–Crippen MR) is 113 cm³/mol. The number of hydrogen-bond donors (Lipinski definition) is 2. The Hall–Kier alpha value is -2.55. The van der Waals surface area contributed by atoms with E-state index in [-0.39, 0.29) is 0 Å². The number of morpholine rings is 1. The number of nitrogens with two attached hydrogens (primary N) is 1. The standard InChI is InChI=1S/C20H22N6OS/c1-20(2,21)16-10-15-17(28-16)19(26-6-8-27-9-7-26)24-18(23-15)12-4-3-5-14-13(12)11-22-25-14/h3-5,10-11H,6-9,21H2,1-2H3,(H,22,25). The first-order valence-corrected chi connectivity index (χ1v) is 10.2. The van der Waals surface area contributed by atoms with Gasteiger partial charge in [-0.25, -0.2) is 9.97 Å². The van der Waals surface area contributed by atoms with Crippen LogP contribution >= 0.6 is 11.3 Å². The number of fused-ring (bicyclic) bond motifs is 2. The summed E-state index contributed by atoms with van der Waals surface area (Å²) in [5, 5.41) is 8.22. The molecule has 0 radical (unpaired) electrons. The van der Waals surface area contributed by atoms with Crippen LogP contribution in [0.5, 0.6) is 0 Å². The van der Waals surface area contributed by atoms with E-state index in [1.165, 1.54) is 0 Å². The van der Waals surface area contributed by atoms with Crippen molar-refractivity contribution in [3.8, 4) is 11.4 Å². The molecule has 0 atom stereocenters. The van der Waals surface area contributed by atoms with Crippen LogP contribution in [0.1, 0.15) is 18.7 Å². The number of H-pyrrole nitrogens is 1. The Balaban J connectivity index is 1.75. The van der Waals surface area contributed by atoms with E-state index in [0.29, 0.717) is 19.0 Å². The maximum absolute atomic E-state index is 6.38. The number of aromatic nitrogens is 4. The highest BCUT2D eigenvalue weighted by Crippen LogP contribution is 2.38. The van der Waals surface area contributed by atoms with Gasteiger partial charge in [0.25, 0.3) is 0 Å². The predicted octanol–water partition coefficient (Wildman–Crippen LogP) is 3.27. The molecule has 0 unspecified atom stereocenters. The van der Waals surface area contributed by atoms with Gasteiger partial charge >= 0.3 is 0 Å². The van der Waals surface area contributed by atoms with Gasteiger partial charge in [0, 0.05) is 34.5 Å². The molecule has 0 amide bonds. The van der Waals surface area contributed by atoms with Crippen molar-refractivity contribution in [1.82, 2.24) is 20.2 Å². The van der Waals surface area contributed by atoms with E-state index < -0.39 is 5.54 Å². The van der Waals surface area contributed by atoms with Gasteiger partial charge in [-0.2, -0.15) is 5.10 Å². The second kappa shape index (κ2) is 6.51. The molecule has 28 heavy (non-hydrogen) atoms. The molecule has 4 aromatic rings. The third kappa shape index (κ3) is 2.94. The number of nitrogens with zero attached hydrogens (tertiary/aromatic N) is 4. The molecule has 5 rings (SSSR count). The molecule has 7 nitrogen and oxygen atoms in total. The molecule has 0 spiro atoms. The number of anilines is 1. The zero-order valence-corrected chi connectivity index (χ0v) is 16.7. The summed E-state index contributed by atoms with van der Waals surface area (Å²) in [6.07, 6.45) is 1.83. The first-order chi connectivity index (χ1) is 13.5. The largest absolute Gasteiger partial charge is 0.378 e. The lowest BCUT2D eigenvalue weighted by Crippen LogP contribution is -2.36. The average Bonchev–Trinajstić information content (AvgIpc) is 3.34. The number of rotatable bonds is 3. The van der Waals surface area contributed by atoms with Gasteiger partial charge in [-0.3, -0.25) is 5.10 Å². The fraction of sp³-hybridized carbons (Fsp3) is 0.350. The molecule has 1 saturated heterocycles. The van der Waals surface area contributed by atoms with Crippen molar-refractivity contribution in [1.29, 1.82) is 0 Å². The van der Waals surface area contributed by atoms with Crippen molar-refractivity contribution in [2.24, 2.45) is 5.73 Å². The van der Waals surface area contributed by atoms with Crippen LogP contribution in [0.4, 0.5) is 5.82 Å². The molecule has 8 heteroatoms. The van der Waals surface area contributed by atoms with Gasteiger partial charge in [0.15, 0.2) is 11.6 Å². The highest BCUT2D eigenvalue weighted by molar-refractivity contribution is 7.19. The fourth-order valence-corrected chi connectivity index (χ4v) is 4.63. The molecule has 1 aliphatic rings. The van der Waals surface area contributed by atoms with Crippen molar-refractivity contribution in [2.45, 2.75) is 19.4 Å². The van der Waals surface area contributed by atoms with Gasteiger partial charge < -0.3 is 15.4 Å². The van der Waals surface area contributed by atoms with E-state index in [1.807, 2.05) is 38.2 Å². The van der Waals surface area contributed by atoms with Crippen LogP contribution < -0.4 is 10.6 Å². The van der Waals surface area contributed by atoms with E-state index in [4.69, 9.17) is 20.4 Å². The lowest BCUT2D eigenvalue weighted by molar-refractivity contribution is 0.122. The van der Waals surface area contributed by atoms with Crippen LogP contribution in [0.15, 0.2) is 30.5 Å². The lowest BCUT2D eigenvalue weighted by Gasteiger charge is -2.28. The molecule has 3 aromatic heterocycles. The Morgan fingerprint density at radius 2 is 2.04 bits per heavy atom. The Morgan fingerprint density at radius 1 is 1.21 bits per heavy atom. The van der Waals surface area contributed by atoms with Crippen molar-refractivity contribution in [2.75, 3.05) is 31.2 Å². The normalized spacial score (nSPS) is 15.6. The van der Waals surface area contributed by atoms with Crippen LogP contribution in [0, 0.1) is 0 Å². The molecule has 0 aliphatic carbocycles. The zero-order valence-electron chi connectivity index (χ0n) is 15.9. The number of nitrogens with one attached hydrogen (secondary N) is 1. The molecule has 0 saturated carbocycles. The van der Waals surface area contributed by atoms with E-state index >= 15 is 0 Å². The first-order valence-electron chi connectivity index (χ1n) is 9.37. The minimum atomic E-state index is -0.418. The molecule has 1 aliphatic heterocycles. The van der Waals surface area contributed by atoms with Gasteiger partial charge in [-0.05, 0) is 26.0 Å². The Kier molecular flexibility index (Phi) is 4.08. The van der Waals surface area contributed by atoms with E-state index in [0.717, 1.165) is 50.5 Å². The molecule has 4 heterocycles. The molecule has 1 aromatic carbocycles. The second-order valence-corrected chi connectivity index (χ2v) is 8.71. The van der Waals surface area contributed by atoms with Gasteiger partial charge in [-0.15, -0.1) is 11.3 Å². The van der Waals surface area contributed by atoms with Crippen LogP contribution in [0.2, 0.25) is 0 Å². The summed E-state index contributed by atoms with van der Waals surface area (Å²) in [6.45, 7) is 7.10. The average molecular weight is 395 g/mol. The summed E-state index contributed by atoms with van der Waals surface area (Å²) >= 11 is 1.68. The minimum absolute atomic E-state index is 0.418. The van der Waals surface area contributed by atoms with Crippen LogP contribution in [0.25, 0.3) is 32.5 Å². The van der Waals surface area contributed by atoms with Crippen molar-refractivity contribution in [3.63, 3.8) is 0 Å². The summed E-state index contributed by atoms with van der Waals surface area (Å²) in [5.41, 5.74) is 8.84.